The largest absolute Gasteiger partial charge is 0.313 e. The fraction of sp³-hybridized carbons (Fsp3) is 0.214. The molecule has 1 aliphatic rings. The van der Waals surface area contributed by atoms with Gasteiger partial charge in [0, 0.05) is 23.7 Å². The molecule has 0 amide bonds. The summed E-state index contributed by atoms with van der Waals surface area (Å²) in [6, 6.07) is 10.5. The molecule has 0 fully saturated rings. The van der Waals surface area contributed by atoms with Crippen molar-refractivity contribution in [1.82, 2.24) is 10.3 Å². The number of nitrogens with zero attached hydrogens (tertiary/aromatic N) is 1. The molecule has 0 saturated carbocycles. The standard InChI is InChI=1S/C14H14N2/c1-3-12-4-2-8-16-14(12)13(5-1)11-6-9-15-10-7-11/h1-6,8,15H,7,9-10H2. The third-order valence-electron chi connectivity index (χ3n) is 3.04. The third kappa shape index (κ3) is 1.61. The van der Waals surface area contributed by atoms with Crippen LogP contribution in [0.5, 0.6) is 0 Å². The van der Waals surface area contributed by atoms with Crippen LogP contribution in [0.1, 0.15) is 12.0 Å². The monoisotopic (exact) mass is 210 g/mol. The van der Waals surface area contributed by atoms with Gasteiger partial charge in [0.2, 0.25) is 0 Å². The highest BCUT2D eigenvalue weighted by Crippen LogP contribution is 2.26. The summed E-state index contributed by atoms with van der Waals surface area (Å²) in [5, 5.41) is 4.56. The van der Waals surface area contributed by atoms with Crippen molar-refractivity contribution in [3.63, 3.8) is 0 Å². The van der Waals surface area contributed by atoms with Crippen LogP contribution in [-0.2, 0) is 0 Å². The minimum Gasteiger partial charge on any atom is -0.313 e. The predicted octanol–water partition coefficient (Wildman–Crippen LogP) is 2.61. The number of nitrogens with one attached hydrogen (secondary N) is 1. The maximum atomic E-state index is 4.50. The van der Waals surface area contributed by atoms with Crippen molar-refractivity contribution in [1.29, 1.82) is 0 Å². The van der Waals surface area contributed by atoms with E-state index >= 15 is 0 Å². The van der Waals surface area contributed by atoms with Gasteiger partial charge in [-0.3, -0.25) is 4.98 Å². The highest BCUT2D eigenvalue weighted by Gasteiger charge is 2.09. The Hall–Kier alpha value is -1.67. The number of hydrogen-bond donors (Lipinski definition) is 1. The Labute approximate surface area is 95.0 Å². The number of aromatic nitrogens is 1. The molecule has 16 heavy (non-hydrogen) atoms. The van der Waals surface area contributed by atoms with E-state index in [1.54, 1.807) is 0 Å². The zero-order valence-corrected chi connectivity index (χ0v) is 9.11. The van der Waals surface area contributed by atoms with E-state index in [1.807, 2.05) is 12.3 Å². The van der Waals surface area contributed by atoms with E-state index in [-0.39, 0.29) is 0 Å². The van der Waals surface area contributed by atoms with Crippen molar-refractivity contribution >= 4 is 16.5 Å². The molecule has 3 rings (SSSR count). The summed E-state index contributed by atoms with van der Waals surface area (Å²) >= 11 is 0. The van der Waals surface area contributed by atoms with Gasteiger partial charge in [-0.05, 0) is 24.6 Å². The number of para-hydroxylation sites is 1. The molecule has 2 heteroatoms. The molecule has 2 heterocycles. The number of hydrogen-bond acceptors (Lipinski definition) is 2. The highest BCUT2D eigenvalue weighted by molar-refractivity contribution is 5.90. The molecule has 0 atom stereocenters. The Bertz CT molecular complexity index is 538. The van der Waals surface area contributed by atoms with Gasteiger partial charge in [0.1, 0.15) is 0 Å². The second-order valence-electron chi connectivity index (χ2n) is 4.06. The van der Waals surface area contributed by atoms with Gasteiger partial charge in [0.25, 0.3) is 0 Å². The van der Waals surface area contributed by atoms with Crippen LogP contribution in [-0.4, -0.2) is 18.1 Å². The molecule has 1 aliphatic heterocycles. The summed E-state index contributed by atoms with van der Waals surface area (Å²) in [7, 11) is 0. The van der Waals surface area contributed by atoms with Crippen LogP contribution in [0.15, 0.2) is 42.6 Å². The second-order valence-corrected chi connectivity index (χ2v) is 4.06. The van der Waals surface area contributed by atoms with Crippen molar-refractivity contribution in [2.45, 2.75) is 6.42 Å². The average molecular weight is 210 g/mol. The lowest BCUT2D eigenvalue weighted by Crippen LogP contribution is -2.20. The first-order chi connectivity index (χ1) is 7.95. The van der Waals surface area contributed by atoms with E-state index in [9.17, 15) is 0 Å². The average Bonchev–Trinajstić information content (AvgIpc) is 2.39. The molecule has 0 bridgehead atoms. The van der Waals surface area contributed by atoms with Crippen LogP contribution in [0, 0.1) is 0 Å². The molecular weight excluding hydrogens is 196 g/mol. The fourth-order valence-corrected chi connectivity index (χ4v) is 2.23. The Morgan fingerprint density at radius 2 is 2.06 bits per heavy atom. The Morgan fingerprint density at radius 1 is 1.12 bits per heavy atom. The minimum absolute atomic E-state index is 0.971. The lowest BCUT2D eigenvalue weighted by atomic mass is 9.97. The van der Waals surface area contributed by atoms with Crippen LogP contribution in [0.25, 0.3) is 16.5 Å². The first-order valence-electron chi connectivity index (χ1n) is 5.69. The number of fused-ring (bicyclic) bond motifs is 1. The Balaban J connectivity index is 2.19. The number of benzene rings is 1. The van der Waals surface area contributed by atoms with Gasteiger partial charge in [-0.1, -0.05) is 30.3 Å². The van der Waals surface area contributed by atoms with Gasteiger partial charge in [-0.25, -0.2) is 0 Å². The molecule has 80 valence electrons. The number of rotatable bonds is 1. The summed E-state index contributed by atoms with van der Waals surface area (Å²) in [5.41, 5.74) is 3.83. The van der Waals surface area contributed by atoms with E-state index in [4.69, 9.17) is 0 Å². The summed E-state index contributed by atoms with van der Waals surface area (Å²) in [6.45, 7) is 2.04. The van der Waals surface area contributed by atoms with Crippen LogP contribution in [0.4, 0.5) is 0 Å². The predicted molar refractivity (Wildman–Crippen MR) is 67.2 cm³/mol. The van der Waals surface area contributed by atoms with Crippen LogP contribution < -0.4 is 5.32 Å². The number of pyridine rings is 1. The maximum Gasteiger partial charge on any atom is 0.0776 e. The summed E-state index contributed by atoms with van der Waals surface area (Å²) in [5.74, 6) is 0. The quantitative estimate of drug-likeness (QED) is 0.782. The molecule has 0 aliphatic carbocycles. The van der Waals surface area contributed by atoms with Gasteiger partial charge in [-0.15, -0.1) is 0 Å². The zero-order chi connectivity index (χ0) is 10.8. The van der Waals surface area contributed by atoms with Gasteiger partial charge in [-0.2, -0.15) is 0 Å². The molecule has 0 unspecified atom stereocenters. The smallest absolute Gasteiger partial charge is 0.0776 e. The summed E-state index contributed by atoms with van der Waals surface area (Å²) in [4.78, 5) is 4.50. The van der Waals surface area contributed by atoms with Gasteiger partial charge in [0.15, 0.2) is 0 Å². The van der Waals surface area contributed by atoms with E-state index in [0.29, 0.717) is 0 Å². The van der Waals surface area contributed by atoms with Crippen molar-refractivity contribution in [2.75, 3.05) is 13.1 Å². The van der Waals surface area contributed by atoms with Gasteiger partial charge >= 0.3 is 0 Å². The van der Waals surface area contributed by atoms with Crippen LogP contribution in [0.3, 0.4) is 0 Å². The Kier molecular flexibility index (Phi) is 2.43. The SMILES string of the molecule is C1=C(c2cccc3cccnc23)CCNC1. The first-order valence-corrected chi connectivity index (χ1v) is 5.69. The fourth-order valence-electron chi connectivity index (χ4n) is 2.23. The third-order valence-corrected chi connectivity index (χ3v) is 3.04. The summed E-state index contributed by atoms with van der Waals surface area (Å²) < 4.78 is 0. The molecule has 0 radical (unpaired) electrons. The van der Waals surface area contributed by atoms with Crippen LogP contribution >= 0.6 is 0 Å². The summed E-state index contributed by atoms with van der Waals surface area (Å²) in [6.07, 6.45) is 5.23. The molecule has 1 N–H and O–H groups in total. The Morgan fingerprint density at radius 3 is 2.94 bits per heavy atom. The lowest BCUT2D eigenvalue weighted by molar-refractivity contribution is 0.739. The molecule has 2 aromatic rings. The molecule has 0 saturated heterocycles. The van der Waals surface area contributed by atoms with Crippen molar-refractivity contribution < 1.29 is 0 Å². The highest BCUT2D eigenvalue weighted by atomic mass is 14.8. The molecule has 1 aromatic heterocycles. The first kappa shape index (κ1) is 9.55. The van der Waals surface area contributed by atoms with Crippen molar-refractivity contribution in [3.05, 3.63) is 48.2 Å². The molecule has 1 aromatic carbocycles. The van der Waals surface area contributed by atoms with E-state index < -0.39 is 0 Å². The van der Waals surface area contributed by atoms with Crippen molar-refractivity contribution in [3.8, 4) is 0 Å². The normalized spacial score (nSPS) is 16.1. The molecular formula is C14H14N2. The van der Waals surface area contributed by atoms with E-state index in [1.165, 1.54) is 16.5 Å². The lowest BCUT2D eigenvalue weighted by Gasteiger charge is -2.15. The van der Waals surface area contributed by atoms with Crippen molar-refractivity contribution in [2.24, 2.45) is 0 Å². The molecule has 0 spiro atoms. The maximum absolute atomic E-state index is 4.50. The second kappa shape index (κ2) is 4.06. The minimum atomic E-state index is 0.971. The van der Waals surface area contributed by atoms with Gasteiger partial charge < -0.3 is 5.32 Å². The zero-order valence-electron chi connectivity index (χ0n) is 9.11. The topological polar surface area (TPSA) is 24.9 Å². The van der Waals surface area contributed by atoms with E-state index in [2.05, 4.69) is 40.6 Å². The van der Waals surface area contributed by atoms with Gasteiger partial charge in [0.05, 0.1) is 5.52 Å². The van der Waals surface area contributed by atoms with E-state index in [0.717, 1.165) is 25.0 Å². The molecule has 2 nitrogen and oxygen atoms in total. The van der Waals surface area contributed by atoms with Crippen LogP contribution in [0.2, 0.25) is 0 Å².